The minimum absolute atomic E-state index is 0.137. The van der Waals surface area contributed by atoms with Crippen LogP contribution in [0.5, 0.6) is 0 Å². The highest BCUT2D eigenvalue weighted by Crippen LogP contribution is 2.33. The Kier molecular flexibility index (Phi) is 7.59. The van der Waals surface area contributed by atoms with Gasteiger partial charge in [-0.15, -0.1) is 10.2 Å². The van der Waals surface area contributed by atoms with Crippen molar-refractivity contribution < 1.29 is 13.2 Å². The number of hydrogen-bond acceptors (Lipinski definition) is 6. The average Bonchev–Trinajstić information content (AvgIpc) is 2.94. The Hall–Kier alpha value is -4.60. The van der Waals surface area contributed by atoms with Crippen LogP contribution in [-0.4, -0.2) is 24.5 Å². The number of nitrogens with one attached hydrogen (secondary N) is 3. The second kappa shape index (κ2) is 11.3. The highest BCUT2D eigenvalue weighted by molar-refractivity contribution is 7.89. The van der Waals surface area contributed by atoms with Gasteiger partial charge in [0.1, 0.15) is 5.69 Å². The van der Waals surface area contributed by atoms with Gasteiger partial charge in [-0.1, -0.05) is 66.7 Å². The highest BCUT2D eigenvalue weighted by Gasteiger charge is 2.22. The van der Waals surface area contributed by atoms with Crippen molar-refractivity contribution in [3.63, 3.8) is 0 Å². The first-order chi connectivity index (χ1) is 19.2. The van der Waals surface area contributed by atoms with Gasteiger partial charge in [0.25, 0.3) is 0 Å². The molecular formula is C31H29N5O3S. The summed E-state index contributed by atoms with van der Waals surface area (Å²) in [7, 11) is -3.82. The van der Waals surface area contributed by atoms with Crippen molar-refractivity contribution in [1.82, 2.24) is 14.9 Å². The molecule has 8 nitrogen and oxygen atoms in total. The first-order valence-corrected chi connectivity index (χ1v) is 14.3. The van der Waals surface area contributed by atoms with Gasteiger partial charge in [-0.05, 0) is 55.3 Å². The largest absolute Gasteiger partial charge is 0.338 e. The summed E-state index contributed by atoms with van der Waals surface area (Å²) < 4.78 is 29.7. The molecule has 0 saturated heterocycles. The molecule has 0 radical (unpaired) electrons. The molecule has 1 unspecified atom stereocenters. The maximum Gasteiger partial charge on any atom is 0.241 e. The van der Waals surface area contributed by atoms with Crippen molar-refractivity contribution in [2.24, 2.45) is 0 Å². The van der Waals surface area contributed by atoms with Crippen molar-refractivity contribution in [2.45, 2.75) is 31.7 Å². The molecule has 0 aliphatic carbocycles. The van der Waals surface area contributed by atoms with Gasteiger partial charge >= 0.3 is 0 Å². The van der Waals surface area contributed by atoms with E-state index in [1.165, 1.54) is 6.92 Å². The van der Waals surface area contributed by atoms with Crippen molar-refractivity contribution in [3.8, 4) is 11.3 Å². The molecule has 0 bridgehead atoms. The van der Waals surface area contributed by atoms with Gasteiger partial charge in [0.2, 0.25) is 15.9 Å². The number of carbonyl (C=O) groups excluding carboxylic acids is 1. The number of aryl methyl sites for hydroxylation is 1. The zero-order chi connectivity index (χ0) is 28.3. The van der Waals surface area contributed by atoms with Gasteiger partial charge in [0.05, 0.1) is 4.90 Å². The SMILES string of the molecule is CC(=O)Nc1ccc(Nc2nnc(-c3ccc(C)c(S(=O)(=O)NC(C)c4ccccc4)c3)c3ccccc23)cc1. The van der Waals surface area contributed by atoms with E-state index >= 15 is 0 Å². The number of nitrogens with zero attached hydrogens (tertiary/aromatic N) is 2. The highest BCUT2D eigenvalue weighted by atomic mass is 32.2. The molecule has 9 heteroatoms. The van der Waals surface area contributed by atoms with E-state index in [2.05, 4.69) is 25.6 Å². The smallest absolute Gasteiger partial charge is 0.241 e. The normalized spacial score (nSPS) is 12.2. The van der Waals surface area contributed by atoms with Gasteiger partial charge in [0.15, 0.2) is 5.82 Å². The van der Waals surface area contributed by atoms with Gasteiger partial charge in [0, 0.05) is 40.7 Å². The molecule has 4 aromatic carbocycles. The van der Waals surface area contributed by atoms with Crippen LogP contribution in [0.3, 0.4) is 0 Å². The summed E-state index contributed by atoms with van der Waals surface area (Å²) in [6, 6.07) is 29.4. The third kappa shape index (κ3) is 5.85. The number of benzene rings is 4. The van der Waals surface area contributed by atoms with E-state index in [1.807, 2.05) is 79.7 Å². The molecule has 40 heavy (non-hydrogen) atoms. The van der Waals surface area contributed by atoms with Crippen molar-refractivity contribution in [1.29, 1.82) is 0 Å². The number of sulfonamides is 1. The first kappa shape index (κ1) is 27.0. The third-order valence-electron chi connectivity index (χ3n) is 6.54. The number of hydrogen-bond donors (Lipinski definition) is 3. The fraction of sp³-hybridized carbons (Fsp3) is 0.129. The number of anilines is 3. The molecule has 0 spiro atoms. The van der Waals surface area contributed by atoms with Crippen LogP contribution in [-0.2, 0) is 14.8 Å². The van der Waals surface area contributed by atoms with Crippen LogP contribution in [0.4, 0.5) is 17.2 Å². The van der Waals surface area contributed by atoms with Crippen molar-refractivity contribution in [2.75, 3.05) is 10.6 Å². The predicted molar refractivity (Wildman–Crippen MR) is 159 cm³/mol. The number of fused-ring (bicyclic) bond motifs is 1. The lowest BCUT2D eigenvalue weighted by Crippen LogP contribution is -2.27. The van der Waals surface area contributed by atoms with Crippen LogP contribution in [0, 0.1) is 6.92 Å². The Morgan fingerprint density at radius 3 is 2.15 bits per heavy atom. The van der Waals surface area contributed by atoms with Crippen molar-refractivity contribution >= 4 is 43.9 Å². The Labute approximate surface area is 233 Å². The summed E-state index contributed by atoms with van der Waals surface area (Å²) in [6.45, 7) is 5.06. The van der Waals surface area contributed by atoms with Crippen LogP contribution in [0.1, 0.15) is 31.0 Å². The lowest BCUT2D eigenvalue weighted by atomic mass is 10.0. The molecule has 202 valence electrons. The number of aromatic nitrogens is 2. The molecule has 5 aromatic rings. The monoisotopic (exact) mass is 551 g/mol. The fourth-order valence-electron chi connectivity index (χ4n) is 4.53. The number of rotatable bonds is 8. The Morgan fingerprint density at radius 1 is 0.800 bits per heavy atom. The summed E-state index contributed by atoms with van der Waals surface area (Å²) in [5, 5.41) is 16.7. The average molecular weight is 552 g/mol. The molecule has 1 atom stereocenters. The zero-order valence-electron chi connectivity index (χ0n) is 22.3. The lowest BCUT2D eigenvalue weighted by molar-refractivity contribution is -0.114. The second-order valence-corrected chi connectivity index (χ2v) is 11.2. The summed E-state index contributed by atoms with van der Waals surface area (Å²) in [5.41, 5.74) is 4.22. The van der Waals surface area contributed by atoms with E-state index in [4.69, 9.17) is 0 Å². The van der Waals surface area contributed by atoms with Crippen LogP contribution >= 0.6 is 0 Å². The van der Waals surface area contributed by atoms with Crippen LogP contribution < -0.4 is 15.4 Å². The maximum atomic E-state index is 13.4. The maximum absolute atomic E-state index is 13.4. The molecule has 1 heterocycles. The Balaban J connectivity index is 1.48. The summed E-state index contributed by atoms with van der Waals surface area (Å²) in [6.07, 6.45) is 0. The minimum Gasteiger partial charge on any atom is -0.338 e. The number of amides is 1. The summed E-state index contributed by atoms with van der Waals surface area (Å²) in [5.74, 6) is 0.423. The first-order valence-electron chi connectivity index (χ1n) is 12.8. The molecule has 0 aliphatic heterocycles. The van der Waals surface area contributed by atoms with E-state index in [0.29, 0.717) is 28.3 Å². The van der Waals surface area contributed by atoms with Gasteiger partial charge in [-0.3, -0.25) is 4.79 Å². The fourth-order valence-corrected chi connectivity index (χ4v) is 6.03. The lowest BCUT2D eigenvalue weighted by Gasteiger charge is -2.17. The quantitative estimate of drug-likeness (QED) is 0.207. The molecule has 1 amide bonds. The zero-order valence-corrected chi connectivity index (χ0v) is 23.2. The molecule has 3 N–H and O–H groups in total. The number of carbonyl (C=O) groups is 1. The van der Waals surface area contributed by atoms with E-state index < -0.39 is 16.1 Å². The molecule has 0 aliphatic rings. The van der Waals surface area contributed by atoms with Gasteiger partial charge in [-0.2, -0.15) is 0 Å². The van der Waals surface area contributed by atoms with E-state index in [9.17, 15) is 13.2 Å². The van der Waals surface area contributed by atoms with Crippen LogP contribution in [0.15, 0.2) is 102 Å². The summed E-state index contributed by atoms with van der Waals surface area (Å²) in [4.78, 5) is 11.5. The van der Waals surface area contributed by atoms with Gasteiger partial charge in [-0.25, -0.2) is 13.1 Å². The molecule has 0 saturated carbocycles. The van der Waals surface area contributed by atoms with E-state index in [1.54, 1.807) is 31.2 Å². The van der Waals surface area contributed by atoms with Crippen LogP contribution in [0.25, 0.3) is 22.0 Å². The van der Waals surface area contributed by atoms with E-state index in [0.717, 1.165) is 22.0 Å². The predicted octanol–water partition coefficient (Wildman–Crippen LogP) is 6.35. The van der Waals surface area contributed by atoms with Crippen LogP contribution in [0.2, 0.25) is 0 Å². The molecular weight excluding hydrogens is 522 g/mol. The summed E-state index contributed by atoms with van der Waals surface area (Å²) >= 11 is 0. The van der Waals surface area contributed by atoms with E-state index in [-0.39, 0.29) is 10.8 Å². The Bertz CT molecular complexity index is 1790. The van der Waals surface area contributed by atoms with Gasteiger partial charge < -0.3 is 10.6 Å². The minimum atomic E-state index is -3.82. The topological polar surface area (TPSA) is 113 Å². The second-order valence-electron chi connectivity index (χ2n) is 9.56. The molecule has 0 fully saturated rings. The molecule has 5 rings (SSSR count). The Morgan fingerprint density at radius 2 is 1.45 bits per heavy atom. The van der Waals surface area contributed by atoms with Crippen molar-refractivity contribution in [3.05, 3.63) is 108 Å². The molecule has 1 aromatic heterocycles. The standard InChI is InChI=1S/C31H29N5O3S/c1-20-13-14-24(19-29(20)40(38,39)36-21(2)23-9-5-4-6-10-23)30-27-11-7-8-12-28(27)31(35-34-30)33-26-17-15-25(16-18-26)32-22(3)37/h4-19,21,36H,1-3H3,(H,32,37)(H,33,35). The third-order valence-corrected chi connectivity index (χ3v) is 8.22.